The largest absolute Gasteiger partial charge is 0.302 e. The predicted molar refractivity (Wildman–Crippen MR) is 125 cm³/mol. The van der Waals surface area contributed by atoms with Crippen molar-refractivity contribution in [1.82, 2.24) is 0 Å². The molecule has 0 radical (unpaired) electrons. The van der Waals surface area contributed by atoms with Crippen molar-refractivity contribution in [2.24, 2.45) is 11.8 Å². The second kappa shape index (κ2) is 6.26. The molecule has 0 N–H and O–H groups in total. The van der Waals surface area contributed by atoms with E-state index in [9.17, 15) is 14.4 Å². The molecule has 1 fully saturated rings. The van der Waals surface area contributed by atoms with Crippen LogP contribution in [-0.4, -0.2) is 18.1 Å². The van der Waals surface area contributed by atoms with E-state index in [0.29, 0.717) is 5.69 Å². The van der Waals surface area contributed by atoms with Gasteiger partial charge in [0.1, 0.15) is 6.29 Å². The van der Waals surface area contributed by atoms with Crippen LogP contribution in [0.3, 0.4) is 0 Å². The molecule has 4 aliphatic rings. The van der Waals surface area contributed by atoms with Crippen LogP contribution >= 0.6 is 0 Å². The molecule has 0 saturated carbocycles. The molecule has 158 valence electrons. The van der Waals surface area contributed by atoms with Gasteiger partial charge in [-0.05, 0) is 45.2 Å². The summed E-state index contributed by atoms with van der Waals surface area (Å²) in [6.45, 7) is 0. The van der Waals surface area contributed by atoms with Crippen LogP contribution in [0.25, 0.3) is 10.8 Å². The summed E-state index contributed by atoms with van der Waals surface area (Å²) in [6, 6.07) is 29.1. The fraction of sp³-hybridized carbons (Fsp3) is 0.138. The monoisotopic (exact) mass is 429 g/mol. The van der Waals surface area contributed by atoms with E-state index in [1.807, 2.05) is 91.0 Å². The van der Waals surface area contributed by atoms with Gasteiger partial charge in [-0.1, -0.05) is 78.9 Å². The molecule has 3 aliphatic carbocycles. The molecular weight excluding hydrogens is 410 g/mol. The van der Waals surface area contributed by atoms with Crippen molar-refractivity contribution in [3.8, 4) is 0 Å². The van der Waals surface area contributed by atoms with E-state index in [2.05, 4.69) is 0 Å². The van der Waals surface area contributed by atoms with Gasteiger partial charge in [0.15, 0.2) is 0 Å². The van der Waals surface area contributed by atoms with E-state index in [1.54, 1.807) is 0 Å². The highest BCUT2D eigenvalue weighted by Gasteiger charge is 2.68. The third-order valence-corrected chi connectivity index (χ3v) is 7.86. The Morgan fingerprint density at radius 1 is 0.697 bits per heavy atom. The van der Waals surface area contributed by atoms with Crippen molar-refractivity contribution >= 4 is 34.6 Å². The average Bonchev–Trinajstić information content (AvgIpc) is 3.14. The van der Waals surface area contributed by atoms with Gasteiger partial charge in [0.05, 0.1) is 22.9 Å². The highest BCUT2D eigenvalue weighted by molar-refractivity contribution is 6.25. The first-order valence-corrected chi connectivity index (χ1v) is 11.2. The van der Waals surface area contributed by atoms with Crippen molar-refractivity contribution in [3.05, 3.63) is 113 Å². The van der Waals surface area contributed by atoms with Crippen molar-refractivity contribution in [2.45, 2.75) is 11.3 Å². The number of anilines is 1. The standard InChI is InChI=1S/C29H19NO3/c31-16-29-22-11-5-3-9-20(22)24(21-10-4-6-12-23(21)29)25-26(29)28(33)30(27(25)32)19-14-13-17-7-1-2-8-18(17)15-19/h1-16,24-26H/t24?,25-,26-,29?/m0/s1. The summed E-state index contributed by atoms with van der Waals surface area (Å²) >= 11 is 0. The zero-order chi connectivity index (χ0) is 22.3. The number of hydrogen-bond donors (Lipinski definition) is 0. The molecule has 33 heavy (non-hydrogen) atoms. The zero-order valence-electron chi connectivity index (χ0n) is 17.6. The number of amides is 2. The molecule has 4 aromatic carbocycles. The molecule has 8 rings (SSSR count). The highest BCUT2D eigenvalue weighted by Crippen LogP contribution is 2.63. The Labute approximate surface area is 190 Å². The number of hydrogen-bond acceptors (Lipinski definition) is 3. The minimum absolute atomic E-state index is 0.222. The number of carbonyl (C=O) groups excluding carboxylic acids is 3. The molecule has 4 nitrogen and oxygen atoms in total. The molecule has 4 aromatic rings. The molecule has 2 bridgehead atoms. The first-order valence-electron chi connectivity index (χ1n) is 11.2. The number of rotatable bonds is 2. The van der Waals surface area contributed by atoms with Crippen molar-refractivity contribution < 1.29 is 14.4 Å². The van der Waals surface area contributed by atoms with Gasteiger partial charge in [-0.25, -0.2) is 4.90 Å². The van der Waals surface area contributed by atoms with Gasteiger partial charge in [-0.3, -0.25) is 9.59 Å². The van der Waals surface area contributed by atoms with Crippen LogP contribution in [-0.2, 0) is 19.8 Å². The fourth-order valence-electron chi connectivity index (χ4n) is 6.60. The first-order chi connectivity index (χ1) is 16.2. The molecule has 2 amide bonds. The van der Waals surface area contributed by atoms with Gasteiger partial charge in [0.2, 0.25) is 11.8 Å². The minimum atomic E-state index is -1.16. The fourth-order valence-corrected chi connectivity index (χ4v) is 6.60. The molecule has 1 saturated heterocycles. The van der Waals surface area contributed by atoms with Crippen LogP contribution < -0.4 is 4.90 Å². The first kappa shape index (κ1) is 18.5. The number of aldehydes is 1. The van der Waals surface area contributed by atoms with Crippen molar-refractivity contribution in [2.75, 3.05) is 4.90 Å². The zero-order valence-corrected chi connectivity index (χ0v) is 17.6. The van der Waals surface area contributed by atoms with Gasteiger partial charge in [0, 0.05) is 5.92 Å². The van der Waals surface area contributed by atoms with Gasteiger partial charge < -0.3 is 4.79 Å². The van der Waals surface area contributed by atoms with Crippen LogP contribution in [0.1, 0.15) is 28.2 Å². The van der Waals surface area contributed by atoms with Gasteiger partial charge >= 0.3 is 0 Å². The number of benzene rings is 4. The SMILES string of the molecule is O=CC12c3ccccc3C(c3ccccc31)[C@@H]1C(=O)N(c3ccc4ccccc4c3)C(=O)[C@H]12. The van der Waals surface area contributed by atoms with E-state index in [4.69, 9.17) is 0 Å². The molecule has 0 aromatic heterocycles. The Morgan fingerprint density at radius 3 is 1.97 bits per heavy atom. The Morgan fingerprint density at radius 2 is 1.30 bits per heavy atom. The number of nitrogens with zero attached hydrogens (tertiary/aromatic N) is 1. The van der Waals surface area contributed by atoms with Gasteiger partial charge in [-0.15, -0.1) is 0 Å². The predicted octanol–water partition coefficient (Wildman–Crippen LogP) is 4.59. The lowest BCUT2D eigenvalue weighted by Gasteiger charge is -2.51. The molecule has 0 spiro atoms. The summed E-state index contributed by atoms with van der Waals surface area (Å²) < 4.78 is 0. The Kier molecular flexibility index (Phi) is 3.51. The molecular formula is C29H19NO3. The summed E-state index contributed by atoms with van der Waals surface area (Å²) in [6.07, 6.45) is 0.910. The number of carbonyl (C=O) groups is 3. The van der Waals surface area contributed by atoms with E-state index < -0.39 is 17.3 Å². The molecule has 2 atom stereocenters. The second-order valence-corrected chi connectivity index (χ2v) is 9.19. The quantitative estimate of drug-likeness (QED) is 0.346. The lowest BCUT2D eigenvalue weighted by atomic mass is 9.48. The normalized spacial score (nSPS) is 26.8. The second-order valence-electron chi connectivity index (χ2n) is 9.19. The lowest BCUT2D eigenvalue weighted by Crippen LogP contribution is -2.54. The maximum atomic E-state index is 14.0. The number of fused-ring (bicyclic) bond motifs is 1. The van der Waals surface area contributed by atoms with Crippen molar-refractivity contribution in [3.63, 3.8) is 0 Å². The van der Waals surface area contributed by atoms with E-state index in [-0.39, 0.29) is 17.7 Å². The van der Waals surface area contributed by atoms with Gasteiger partial charge in [-0.2, -0.15) is 0 Å². The van der Waals surface area contributed by atoms with Crippen LogP contribution in [0.4, 0.5) is 5.69 Å². The van der Waals surface area contributed by atoms with Gasteiger partial charge in [0.25, 0.3) is 0 Å². The van der Waals surface area contributed by atoms with E-state index in [1.165, 1.54) is 4.90 Å². The average molecular weight is 429 g/mol. The summed E-state index contributed by atoms with van der Waals surface area (Å²) in [4.78, 5) is 42.3. The number of imide groups is 1. The Bertz CT molecular complexity index is 1470. The van der Waals surface area contributed by atoms with Crippen molar-refractivity contribution in [1.29, 1.82) is 0 Å². The molecule has 1 aliphatic heterocycles. The lowest BCUT2D eigenvalue weighted by molar-refractivity contribution is -0.128. The summed E-state index contributed by atoms with van der Waals surface area (Å²) in [5.41, 5.74) is 3.06. The topological polar surface area (TPSA) is 54.5 Å². The summed E-state index contributed by atoms with van der Waals surface area (Å²) in [5.74, 6) is -2.10. The van der Waals surface area contributed by atoms with E-state index in [0.717, 1.165) is 39.3 Å². The third kappa shape index (κ3) is 2.09. The summed E-state index contributed by atoms with van der Waals surface area (Å²) in [7, 11) is 0. The van der Waals surface area contributed by atoms with E-state index >= 15 is 0 Å². The smallest absolute Gasteiger partial charge is 0.239 e. The maximum Gasteiger partial charge on any atom is 0.239 e. The minimum Gasteiger partial charge on any atom is -0.302 e. The molecule has 4 heteroatoms. The third-order valence-electron chi connectivity index (χ3n) is 7.86. The van der Waals surface area contributed by atoms with Crippen LogP contribution in [0.15, 0.2) is 91.0 Å². The van der Waals surface area contributed by atoms with Crippen LogP contribution in [0.2, 0.25) is 0 Å². The molecule has 0 unspecified atom stereocenters. The maximum absolute atomic E-state index is 14.0. The summed E-state index contributed by atoms with van der Waals surface area (Å²) in [5, 5.41) is 2.01. The van der Waals surface area contributed by atoms with Crippen LogP contribution in [0, 0.1) is 11.8 Å². The highest BCUT2D eigenvalue weighted by atomic mass is 16.2. The van der Waals surface area contributed by atoms with Crippen LogP contribution in [0.5, 0.6) is 0 Å². The Hall–Kier alpha value is -4.05. The Balaban J connectivity index is 1.48. The molecule has 1 heterocycles.